The minimum absolute atomic E-state index is 0.00546. The van der Waals surface area contributed by atoms with Crippen LogP contribution in [0.3, 0.4) is 0 Å². The molecule has 1 aliphatic carbocycles. The number of rotatable bonds is 6. The van der Waals surface area contributed by atoms with Crippen LogP contribution in [0.25, 0.3) is 0 Å². The van der Waals surface area contributed by atoms with E-state index in [4.69, 9.17) is 4.74 Å². The molecule has 1 aromatic carbocycles. The predicted molar refractivity (Wildman–Crippen MR) is 97.4 cm³/mol. The van der Waals surface area contributed by atoms with Crippen molar-refractivity contribution in [2.75, 3.05) is 7.05 Å². The molecule has 1 atom stereocenters. The summed E-state index contributed by atoms with van der Waals surface area (Å²) in [6, 6.07) is 12.1. The van der Waals surface area contributed by atoms with Crippen molar-refractivity contribution in [1.29, 1.82) is 0 Å². The van der Waals surface area contributed by atoms with Crippen LogP contribution in [-0.4, -0.2) is 29.0 Å². The lowest BCUT2D eigenvalue weighted by atomic mass is 9.92. The number of urea groups is 1. The van der Waals surface area contributed by atoms with E-state index in [-0.39, 0.29) is 12.1 Å². The molecular formula is C20H25N3O2. The molecule has 0 bridgehead atoms. The highest BCUT2D eigenvalue weighted by atomic mass is 16.5. The number of nitrogens with one attached hydrogen (secondary N) is 1. The number of carbonyl (C=O) groups is 1. The lowest BCUT2D eigenvalue weighted by Crippen LogP contribution is -2.47. The normalized spacial score (nSPS) is 15.1. The molecule has 0 radical (unpaired) electrons. The molecule has 2 aromatic rings. The first-order valence-electron chi connectivity index (χ1n) is 8.78. The van der Waals surface area contributed by atoms with Crippen LogP contribution in [0.15, 0.2) is 48.8 Å². The molecule has 25 heavy (non-hydrogen) atoms. The summed E-state index contributed by atoms with van der Waals surface area (Å²) in [5.74, 6) is 0.803. The first-order valence-corrected chi connectivity index (χ1v) is 8.78. The molecule has 5 heteroatoms. The van der Waals surface area contributed by atoms with Gasteiger partial charge in [0.05, 0.1) is 6.04 Å². The van der Waals surface area contributed by atoms with Crippen molar-refractivity contribution < 1.29 is 9.53 Å². The average molecular weight is 339 g/mol. The minimum Gasteiger partial charge on any atom is -0.489 e. The van der Waals surface area contributed by atoms with Crippen LogP contribution in [0.4, 0.5) is 4.79 Å². The van der Waals surface area contributed by atoms with Crippen molar-refractivity contribution in [1.82, 2.24) is 15.2 Å². The molecule has 0 unspecified atom stereocenters. The highest BCUT2D eigenvalue weighted by Crippen LogP contribution is 2.24. The molecule has 1 heterocycles. The zero-order valence-corrected chi connectivity index (χ0v) is 14.8. The number of pyridine rings is 1. The van der Waals surface area contributed by atoms with E-state index in [9.17, 15) is 4.79 Å². The largest absolute Gasteiger partial charge is 0.489 e. The molecule has 5 nitrogen and oxygen atoms in total. The van der Waals surface area contributed by atoms with E-state index in [2.05, 4.69) is 10.3 Å². The molecule has 132 valence electrons. The smallest absolute Gasteiger partial charge is 0.317 e. The number of benzene rings is 1. The zero-order valence-electron chi connectivity index (χ0n) is 14.8. The van der Waals surface area contributed by atoms with Crippen molar-refractivity contribution >= 4 is 6.03 Å². The van der Waals surface area contributed by atoms with Gasteiger partial charge in [0.15, 0.2) is 0 Å². The second-order valence-corrected chi connectivity index (χ2v) is 6.59. The van der Waals surface area contributed by atoms with E-state index in [1.807, 2.05) is 55.3 Å². The van der Waals surface area contributed by atoms with Crippen LogP contribution in [0.2, 0.25) is 0 Å². The quantitative estimate of drug-likeness (QED) is 0.868. The Hall–Kier alpha value is -2.56. The van der Waals surface area contributed by atoms with Crippen LogP contribution in [0, 0.1) is 0 Å². The Morgan fingerprint density at radius 2 is 2.08 bits per heavy atom. The fraction of sp³-hybridized carbons (Fsp3) is 0.400. The molecule has 1 saturated carbocycles. The highest BCUT2D eigenvalue weighted by Gasteiger charge is 2.26. The Morgan fingerprint density at radius 1 is 1.32 bits per heavy atom. The summed E-state index contributed by atoms with van der Waals surface area (Å²) < 4.78 is 5.76. The van der Waals surface area contributed by atoms with Crippen molar-refractivity contribution in [3.05, 3.63) is 59.9 Å². The van der Waals surface area contributed by atoms with Gasteiger partial charge in [-0.25, -0.2) is 4.79 Å². The maximum absolute atomic E-state index is 12.3. The van der Waals surface area contributed by atoms with Crippen molar-refractivity contribution in [2.45, 2.75) is 44.9 Å². The molecule has 1 aromatic heterocycles. The van der Waals surface area contributed by atoms with E-state index in [0.717, 1.165) is 29.7 Å². The molecule has 2 amide bonds. The van der Waals surface area contributed by atoms with E-state index in [1.54, 1.807) is 12.4 Å². The van der Waals surface area contributed by atoms with Gasteiger partial charge in [0.2, 0.25) is 0 Å². The van der Waals surface area contributed by atoms with Crippen molar-refractivity contribution in [2.24, 2.45) is 0 Å². The molecule has 3 rings (SSSR count). The number of aromatic nitrogens is 1. The third kappa shape index (κ3) is 4.50. The Morgan fingerprint density at radius 3 is 2.68 bits per heavy atom. The standard InChI is InChI=1S/C20H25N3O2/c1-15(22-20(24)23(2)18-6-3-7-18)17-8-10-19(11-9-17)25-14-16-5-4-12-21-13-16/h4-5,8-13,15,18H,3,6-7,14H2,1-2H3,(H,22,24)/t15-/m0/s1. The van der Waals surface area contributed by atoms with Gasteiger partial charge in [0.1, 0.15) is 12.4 Å². The lowest BCUT2D eigenvalue weighted by molar-refractivity contribution is 0.155. The second-order valence-electron chi connectivity index (χ2n) is 6.59. The van der Waals surface area contributed by atoms with Gasteiger partial charge in [-0.05, 0) is 49.9 Å². The lowest BCUT2D eigenvalue weighted by Gasteiger charge is -2.35. The molecule has 1 aliphatic rings. The summed E-state index contributed by atoms with van der Waals surface area (Å²) >= 11 is 0. The van der Waals surface area contributed by atoms with Crippen LogP contribution >= 0.6 is 0 Å². The number of nitrogens with zero attached hydrogens (tertiary/aromatic N) is 2. The monoisotopic (exact) mass is 339 g/mol. The molecule has 0 spiro atoms. The van der Waals surface area contributed by atoms with Gasteiger partial charge >= 0.3 is 6.03 Å². The summed E-state index contributed by atoms with van der Waals surface area (Å²) in [6.07, 6.45) is 6.99. The summed E-state index contributed by atoms with van der Waals surface area (Å²) in [5, 5.41) is 3.06. The van der Waals surface area contributed by atoms with Gasteiger partial charge in [0.25, 0.3) is 0 Å². The Bertz CT molecular complexity index is 684. The van der Waals surface area contributed by atoms with Crippen LogP contribution in [-0.2, 0) is 6.61 Å². The van der Waals surface area contributed by atoms with Gasteiger partial charge in [-0.2, -0.15) is 0 Å². The van der Waals surface area contributed by atoms with Gasteiger partial charge in [-0.3, -0.25) is 4.98 Å². The Kier molecular flexibility index (Phi) is 5.53. The van der Waals surface area contributed by atoms with Gasteiger partial charge < -0.3 is 15.0 Å². The summed E-state index contributed by atoms with van der Waals surface area (Å²) in [7, 11) is 1.88. The number of ether oxygens (including phenoxy) is 1. The number of amides is 2. The Balaban J connectivity index is 1.51. The molecule has 0 aliphatic heterocycles. The molecular weight excluding hydrogens is 314 g/mol. The number of hydrogen-bond acceptors (Lipinski definition) is 3. The number of hydrogen-bond donors (Lipinski definition) is 1. The first-order chi connectivity index (χ1) is 12.1. The predicted octanol–water partition coefficient (Wildman–Crippen LogP) is 3.92. The van der Waals surface area contributed by atoms with Crippen LogP contribution < -0.4 is 10.1 Å². The van der Waals surface area contributed by atoms with E-state index < -0.39 is 0 Å². The van der Waals surface area contributed by atoms with Gasteiger partial charge in [-0.15, -0.1) is 0 Å². The Labute approximate surface area is 149 Å². The third-order valence-electron chi connectivity index (χ3n) is 4.79. The fourth-order valence-electron chi connectivity index (χ4n) is 2.81. The maximum Gasteiger partial charge on any atom is 0.317 e. The van der Waals surface area contributed by atoms with E-state index in [0.29, 0.717) is 12.6 Å². The highest BCUT2D eigenvalue weighted by molar-refractivity contribution is 5.74. The summed E-state index contributed by atoms with van der Waals surface area (Å²) in [4.78, 5) is 18.2. The molecule has 1 fully saturated rings. The third-order valence-corrected chi connectivity index (χ3v) is 4.79. The molecule has 1 N–H and O–H groups in total. The fourth-order valence-corrected chi connectivity index (χ4v) is 2.81. The second kappa shape index (κ2) is 8.01. The first kappa shape index (κ1) is 17.3. The SMILES string of the molecule is C[C@H](NC(=O)N(C)C1CCC1)c1ccc(OCc2cccnc2)cc1. The van der Waals surface area contributed by atoms with Gasteiger partial charge in [-0.1, -0.05) is 18.2 Å². The van der Waals surface area contributed by atoms with Crippen LogP contribution in [0.5, 0.6) is 5.75 Å². The minimum atomic E-state index is -0.0394. The van der Waals surface area contributed by atoms with Gasteiger partial charge in [0, 0.05) is 31.0 Å². The van der Waals surface area contributed by atoms with Crippen molar-refractivity contribution in [3.63, 3.8) is 0 Å². The summed E-state index contributed by atoms with van der Waals surface area (Å²) in [6.45, 7) is 2.49. The van der Waals surface area contributed by atoms with Crippen LogP contribution in [0.1, 0.15) is 43.4 Å². The van der Waals surface area contributed by atoms with E-state index >= 15 is 0 Å². The summed E-state index contributed by atoms with van der Waals surface area (Å²) in [5.41, 5.74) is 2.09. The topological polar surface area (TPSA) is 54.5 Å². The molecule has 0 saturated heterocycles. The zero-order chi connectivity index (χ0) is 17.6. The average Bonchev–Trinajstić information content (AvgIpc) is 2.59. The van der Waals surface area contributed by atoms with Crippen molar-refractivity contribution in [3.8, 4) is 5.75 Å². The van der Waals surface area contributed by atoms with E-state index in [1.165, 1.54) is 6.42 Å². The maximum atomic E-state index is 12.3. The number of carbonyl (C=O) groups excluding carboxylic acids is 1.